The predicted molar refractivity (Wildman–Crippen MR) is 100 cm³/mol. The first kappa shape index (κ1) is 19.3. The Hall–Kier alpha value is -1.99. The summed E-state index contributed by atoms with van der Waals surface area (Å²) in [6, 6.07) is 16.6. The van der Waals surface area contributed by atoms with Gasteiger partial charge < -0.3 is 5.53 Å². The van der Waals surface area contributed by atoms with E-state index >= 15 is 0 Å². The number of allylic oxidation sites excluding steroid dienone is 2. The van der Waals surface area contributed by atoms with Crippen LogP contribution in [0.5, 0.6) is 0 Å². The van der Waals surface area contributed by atoms with Crippen LogP contribution in [0.15, 0.2) is 60.2 Å². The van der Waals surface area contributed by atoms with Gasteiger partial charge in [-0.05, 0) is 51.0 Å². The molecule has 0 saturated heterocycles. The first-order valence-corrected chi connectivity index (χ1v) is 8.68. The number of unbranched alkanes of at least 4 members (excludes halogenated alkanes) is 1. The zero-order valence-corrected chi connectivity index (χ0v) is 16.0. The van der Waals surface area contributed by atoms with Gasteiger partial charge in [-0.1, -0.05) is 48.7 Å². The van der Waals surface area contributed by atoms with Crippen LogP contribution >= 0.6 is 0 Å². The van der Waals surface area contributed by atoms with Gasteiger partial charge >= 0.3 is 0 Å². The van der Waals surface area contributed by atoms with Gasteiger partial charge in [0.2, 0.25) is 11.4 Å². The van der Waals surface area contributed by atoms with E-state index in [9.17, 15) is 5.53 Å². The van der Waals surface area contributed by atoms with Crippen molar-refractivity contribution >= 4 is 11.4 Å². The fourth-order valence-electron chi connectivity index (χ4n) is 3.34. The van der Waals surface area contributed by atoms with Gasteiger partial charge in [-0.3, -0.25) is 0 Å². The Labute approximate surface area is 160 Å². The quantitative estimate of drug-likeness (QED) is 0.434. The van der Waals surface area contributed by atoms with Crippen LogP contribution in [0.25, 0.3) is 16.9 Å². The molecular weight excluding hydrogens is 351 g/mol. The van der Waals surface area contributed by atoms with E-state index in [0.717, 1.165) is 41.8 Å². The van der Waals surface area contributed by atoms with Gasteiger partial charge in [0.15, 0.2) is 0 Å². The maximum Gasteiger partial charge on any atom is 0.210 e. The molecule has 3 rings (SSSR count). The molecule has 2 nitrogen and oxygen atoms in total. The smallest absolute Gasteiger partial charge is 0.210 e. The molecule has 2 aromatic rings. The van der Waals surface area contributed by atoms with Crippen LogP contribution in [0.1, 0.15) is 48.4 Å². The third-order valence-corrected chi connectivity index (χ3v) is 4.42. The van der Waals surface area contributed by atoms with Gasteiger partial charge in [-0.15, -0.1) is 0 Å². The van der Waals surface area contributed by atoms with E-state index in [-0.39, 0.29) is 16.5 Å². The SMILES string of the molecule is CCCCC1=C(c2cc(C)cc(C)c2)[N+](=[N-])C(c2ccccc2)=C1.[Ni]. The molecule has 3 heteroatoms. The van der Waals surface area contributed by atoms with Gasteiger partial charge in [0.25, 0.3) is 0 Å². The predicted octanol–water partition coefficient (Wildman–Crippen LogP) is 6.29. The van der Waals surface area contributed by atoms with Gasteiger partial charge in [0, 0.05) is 39.3 Å². The molecule has 132 valence electrons. The summed E-state index contributed by atoms with van der Waals surface area (Å²) in [4.78, 5) is 0. The zero-order chi connectivity index (χ0) is 17.1. The van der Waals surface area contributed by atoms with Crippen LogP contribution in [-0.2, 0) is 16.5 Å². The minimum absolute atomic E-state index is 0. The van der Waals surface area contributed by atoms with Crippen LogP contribution < -0.4 is 0 Å². The second-order valence-corrected chi connectivity index (χ2v) is 6.56. The number of nitrogens with zero attached hydrogens (tertiary/aromatic N) is 2. The molecule has 0 atom stereocenters. The van der Waals surface area contributed by atoms with E-state index in [1.807, 2.05) is 30.3 Å². The van der Waals surface area contributed by atoms with Gasteiger partial charge in [0.05, 0.1) is 0 Å². The first-order chi connectivity index (χ1) is 11.6. The van der Waals surface area contributed by atoms with Crippen LogP contribution in [0, 0.1) is 13.8 Å². The maximum absolute atomic E-state index is 10.9. The summed E-state index contributed by atoms with van der Waals surface area (Å²) in [5, 5.41) is 0. The Kier molecular flexibility index (Phi) is 6.50. The Morgan fingerprint density at radius 2 is 1.56 bits per heavy atom. The number of rotatable bonds is 5. The molecular formula is C22H24N2Ni. The summed E-state index contributed by atoms with van der Waals surface area (Å²) >= 11 is 0. The van der Waals surface area contributed by atoms with Crippen LogP contribution in [-0.4, -0.2) is 4.70 Å². The number of hydrogen-bond acceptors (Lipinski definition) is 0. The van der Waals surface area contributed by atoms with E-state index in [1.165, 1.54) is 21.4 Å². The van der Waals surface area contributed by atoms with Crippen molar-refractivity contribution in [2.45, 2.75) is 40.0 Å². The fraction of sp³-hybridized carbons (Fsp3) is 0.273. The molecule has 0 unspecified atom stereocenters. The van der Waals surface area contributed by atoms with Crippen LogP contribution in [0.3, 0.4) is 0 Å². The molecule has 0 amide bonds. The summed E-state index contributed by atoms with van der Waals surface area (Å²) in [5.74, 6) is 0. The monoisotopic (exact) mass is 374 g/mol. The van der Waals surface area contributed by atoms with Crippen molar-refractivity contribution in [3.8, 4) is 0 Å². The van der Waals surface area contributed by atoms with E-state index in [1.54, 1.807) is 0 Å². The fourth-order valence-corrected chi connectivity index (χ4v) is 3.34. The average Bonchev–Trinajstić information content (AvgIpc) is 2.89. The minimum atomic E-state index is 0. The topological polar surface area (TPSA) is 25.3 Å². The van der Waals surface area contributed by atoms with Crippen LogP contribution in [0.4, 0.5) is 0 Å². The van der Waals surface area contributed by atoms with E-state index in [2.05, 4.69) is 45.0 Å². The molecule has 0 aromatic heterocycles. The zero-order valence-electron chi connectivity index (χ0n) is 15.0. The summed E-state index contributed by atoms with van der Waals surface area (Å²) in [6.45, 7) is 6.40. The van der Waals surface area contributed by atoms with Crippen molar-refractivity contribution in [1.29, 1.82) is 0 Å². The molecule has 0 N–H and O–H groups in total. The molecule has 0 saturated carbocycles. The molecule has 0 fully saturated rings. The number of benzene rings is 2. The van der Waals surface area contributed by atoms with Crippen LogP contribution in [0.2, 0.25) is 0 Å². The minimum Gasteiger partial charge on any atom is -0.493 e. The molecule has 1 heterocycles. The summed E-state index contributed by atoms with van der Waals surface area (Å²) in [7, 11) is 0. The van der Waals surface area contributed by atoms with E-state index in [0.29, 0.717) is 0 Å². The molecule has 1 aliphatic rings. The first-order valence-electron chi connectivity index (χ1n) is 8.68. The molecule has 25 heavy (non-hydrogen) atoms. The second-order valence-electron chi connectivity index (χ2n) is 6.56. The Morgan fingerprint density at radius 3 is 2.16 bits per heavy atom. The Bertz CT molecular complexity index is 812. The van der Waals surface area contributed by atoms with E-state index < -0.39 is 0 Å². The van der Waals surface area contributed by atoms with Gasteiger partial charge in [-0.25, -0.2) is 4.70 Å². The molecule has 0 aliphatic carbocycles. The number of aryl methyl sites for hydroxylation is 2. The van der Waals surface area contributed by atoms with Crippen molar-refractivity contribution in [2.75, 3.05) is 0 Å². The third-order valence-electron chi connectivity index (χ3n) is 4.42. The van der Waals surface area contributed by atoms with Gasteiger partial charge in [0.1, 0.15) is 0 Å². The average molecular weight is 375 g/mol. The molecule has 0 bridgehead atoms. The van der Waals surface area contributed by atoms with Crippen molar-refractivity contribution in [1.82, 2.24) is 0 Å². The molecule has 0 radical (unpaired) electrons. The Balaban J connectivity index is 0.00000225. The van der Waals surface area contributed by atoms with Crippen molar-refractivity contribution < 1.29 is 21.2 Å². The largest absolute Gasteiger partial charge is 0.493 e. The van der Waals surface area contributed by atoms with Crippen molar-refractivity contribution in [2.24, 2.45) is 0 Å². The second kappa shape index (κ2) is 8.40. The normalized spacial score (nSPS) is 13.7. The van der Waals surface area contributed by atoms with E-state index in [4.69, 9.17) is 0 Å². The third kappa shape index (κ3) is 4.16. The van der Waals surface area contributed by atoms with Gasteiger partial charge in [-0.2, -0.15) is 0 Å². The molecule has 2 aromatic carbocycles. The molecule has 0 spiro atoms. The summed E-state index contributed by atoms with van der Waals surface area (Å²) in [5.41, 5.74) is 18.5. The number of hydrogen-bond donors (Lipinski definition) is 0. The van der Waals surface area contributed by atoms with Crippen molar-refractivity contribution in [3.63, 3.8) is 0 Å². The molecule has 1 aliphatic heterocycles. The Morgan fingerprint density at radius 1 is 0.920 bits per heavy atom. The summed E-state index contributed by atoms with van der Waals surface area (Å²) < 4.78 is 1.37. The maximum atomic E-state index is 10.9. The van der Waals surface area contributed by atoms with Crippen molar-refractivity contribution in [3.05, 3.63) is 88.0 Å². The standard InChI is InChI=1S/C22H24N2.Ni/c1-4-5-9-19-15-21(18-10-7-6-8-11-18)24(23)22(19)20-13-16(2)12-17(3)14-20;/h6-8,10-15H,4-5,9H2,1-3H3;. The summed E-state index contributed by atoms with van der Waals surface area (Å²) in [6.07, 6.45) is 5.38.